The second-order valence-corrected chi connectivity index (χ2v) is 6.74. The molecule has 2 aromatic rings. The molecule has 1 atom stereocenters. The van der Waals surface area contributed by atoms with E-state index in [2.05, 4.69) is 61.6 Å². The number of hydrogen-bond acceptors (Lipinski definition) is 1. The molecule has 0 amide bonds. The van der Waals surface area contributed by atoms with Crippen molar-refractivity contribution in [1.82, 2.24) is 5.32 Å². The molecule has 0 radical (unpaired) electrons. The fourth-order valence-electron chi connectivity index (χ4n) is 3.21. The van der Waals surface area contributed by atoms with E-state index >= 15 is 0 Å². The first-order valence-corrected chi connectivity index (χ1v) is 7.50. The SMILES string of the molecule is CC1(C)Cc2ccc(Cl)cc2C1NCc1ccccc1. The Kier molecular flexibility index (Phi) is 3.57. The minimum atomic E-state index is 0.224. The molecule has 1 N–H and O–H groups in total. The van der Waals surface area contributed by atoms with E-state index < -0.39 is 0 Å². The van der Waals surface area contributed by atoms with Gasteiger partial charge in [-0.1, -0.05) is 61.8 Å². The van der Waals surface area contributed by atoms with Crippen LogP contribution >= 0.6 is 11.6 Å². The Balaban J connectivity index is 1.83. The van der Waals surface area contributed by atoms with Crippen LogP contribution in [0.5, 0.6) is 0 Å². The van der Waals surface area contributed by atoms with E-state index in [1.807, 2.05) is 6.07 Å². The van der Waals surface area contributed by atoms with Gasteiger partial charge in [-0.25, -0.2) is 0 Å². The summed E-state index contributed by atoms with van der Waals surface area (Å²) in [4.78, 5) is 0. The molecule has 3 rings (SSSR count). The quantitative estimate of drug-likeness (QED) is 0.858. The Morgan fingerprint density at radius 2 is 1.90 bits per heavy atom. The fourth-order valence-corrected chi connectivity index (χ4v) is 3.39. The second-order valence-electron chi connectivity index (χ2n) is 6.31. The third kappa shape index (κ3) is 2.61. The van der Waals surface area contributed by atoms with Gasteiger partial charge in [0.05, 0.1) is 0 Å². The summed E-state index contributed by atoms with van der Waals surface area (Å²) in [5.41, 5.74) is 4.32. The van der Waals surface area contributed by atoms with Crippen molar-refractivity contribution in [1.29, 1.82) is 0 Å². The smallest absolute Gasteiger partial charge is 0.0409 e. The molecule has 0 saturated heterocycles. The Hall–Kier alpha value is -1.31. The van der Waals surface area contributed by atoms with Crippen LogP contribution < -0.4 is 5.32 Å². The summed E-state index contributed by atoms with van der Waals surface area (Å²) in [6.45, 7) is 5.54. The van der Waals surface area contributed by atoms with Crippen molar-refractivity contribution in [2.75, 3.05) is 0 Å². The van der Waals surface area contributed by atoms with Gasteiger partial charge in [-0.15, -0.1) is 0 Å². The minimum Gasteiger partial charge on any atom is -0.305 e. The van der Waals surface area contributed by atoms with Gasteiger partial charge < -0.3 is 5.32 Å². The predicted octanol–water partition coefficient (Wildman–Crippen LogP) is 4.75. The minimum absolute atomic E-state index is 0.224. The first-order chi connectivity index (χ1) is 9.56. The highest BCUT2D eigenvalue weighted by Crippen LogP contribution is 2.45. The van der Waals surface area contributed by atoms with Crippen molar-refractivity contribution in [3.8, 4) is 0 Å². The molecule has 104 valence electrons. The number of hydrogen-bond donors (Lipinski definition) is 1. The predicted molar refractivity (Wildman–Crippen MR) is 85.0 cm³/mol. The lowest BCUT2D eigenvalue weighted by molar-refractivity contribution is 0.268. The summed E-state index contributed by atoms with van der Waals surface area (Å²) < 4.78 is 0. The topological polar surface area (TPSA) is 12.0 Å². The highest BCUT2D eigenvalue weighted by Gasteiger charge is 2.38. The molecule has 1 unspecified atom stereocenters. The molecule has 0 spiro atoms. The molecule has 0 saturated carbocycles. The number of benzene rings is 2. The van der Waals surface area contributed by atoms with Gasteiger partial charge >= 0.3 is 0 Å². The van der Waals surface area contributed by atoms with Gasteiger partial charge in [-0.2, -0.15) is 0 Å². The van der Waals surface area contributed by atoms with E-state index in [9.17, 15) is 0 Å². The first kappa shape index (κ1) is 13.7. The van der Waals surface area contributed by atoms with E-state index in [-0.39, 0.29) is 5.41 Å². The van der Waals surface area contributed by atoms with Crippen LogP contribution in [-0.2, 0) is 13.0 Å². The van der Waals surface area contributed by atoms with Gasteiger partial charge in [0.25, 0.3) is 0 Å². The average molecular weight is 286 g/mol. The Morgan fingerprint density at radius 3 is 2.65 bits per heavy atom. The molecule has 1 aliphatic rings. The third-order valence-electron chi connectivity index (χ3n) is 4.20. The van der Waals surface area contributed by atoms with Gasteiger partial charge in [0.1, 0.15) is 0 Å². The molecule has 0 heterocycles. The van der Waals surface area contributed by atoms with Gasteiger partial charge in [0.2, 0.25) is 0 Å². The Bertz CT molecular complexity index is 604. The molecule has 2 aromatic carbocycles. The lowest BCUT2D eigenvalue weighted by Gasteiger charge is -2.29. The maximum Gasteiger partial charge on any atom is 0.0409 e. The molecule has 1 nitrogen and oxygen atoms in total. The summed E-state index contributed by atoms with van der Waals surface area (Å²) >= 11 is 6.17. The van der Waals surface area contributed by atoms with Crippen LogP contribution in [0.15, 0.2) is 48.5 Å². The van der Waals surface area contributed by atoms with Crippen LogP contribution in [0.2, 0.25) is 5.02 Å². The molecular formula is C18H20ClN. The lowest BCUT2D eigenvalue weighted by Crippen LogP contribution is -2.30. The van der Waals surface area contributed by atoms with Crippen LogP contribution in [-0.4, -0.2) is 0 Å². The number of nitrogens with one attached hydrogen (secondary N) is 1. The zero-order valence-corrected chi connectivity index (χ0v) is 12.7. The van der Waals surface area contributed by atoms with Gasteiger partial charge in [-0.05, 0) is 40.7 Å². The highest BCUT2D eigenvalue weighted by atomic mass is 35.5. The van der Waals surface area contributed by atoms with E-state index in [4.69, 9.17) is 11.6 Å². The summed E-state index contributed by atoms with van der Waals surface area (Å²) in [5.74, 6) is 0. The first-order valence-electron chi connectivity index (χ1n) is 7.12. The Morgan fingerprint density at radius 1 is 1.15 bits per heavy atom. The zero-order chi connectivity index (χ0) is 14.2. The highest BCUT2D eigenvalue weighted by molar-refractivity contribution is 6.30. The molecule has 2 heteroatoms. The van der Waals surface area contributed by atoms with Crippen LogP contribution in [0.1, 0.15) is 36.6 Å². The van der Waals surface area contributed by atoms with Crippen LogP contribution in [0.25, 0.3) is 0 Å². The molecule has 1 aliphatic carbocycles. The zero-order valence-electron chi connectivity index (χ0n) is 12.0. The largest absolute Gasteiger partial charge is 0.305 e. The molecule has 0 aliphatic heterocycles. The summed E-state index contributed by atoms with van der Waals surface area (Å²) in [6, 6.07) is 17.2. The third-order valence-corrected chi connectivity index (χ3v) is 4.43. The average Bonchev–Trinajstić information content (AvgIpc) is 2.67. The van der Waals surface area contributed by atoms with Crippen molar-refractivity contribution < 1.29 is 0 Å². The van der Waals surface area contributed by atoms with E-state index in [1.165, 1.54) is 16.7 Å². The van der Waals surface area contributed by atoms with Crippen molar-refractivity contribution in [2.45, 2.75) is 32.9 Å². The lowest BCUT2D eigenvalue weighted by atomic mass is 9.85. The van der Waals surface area contributed by atoms with Crippen LogP contribution in [0.4, 0.5) is 0 Å². The van der Waals surface area contributed by atoms with E-state index in [0.717, 1.165) is 18.0 Å². The standard InChI is InChI=1S/C18H20ClN/c1-18(2)11-14-8-9-15(19)10-16(14)17(18)20-12-13-6-4-3-5-7-13/h3-10,17,20H,11-12H2,1-2H3. The summed E-state index contributed by atoms with van der Waals surface area (Å²) in [5, 5.41) is 4.54. The Labute approximate surface area is 126 Å². The van der Waals surface area contributed by atoms with Gasteiger partial charge in [-0.3, -0.25) is 0 Å². The fraction of sp³-hybridized carbons (Fsp3) is 0.333. The van der Waals surface area contributed by atoms with Crippen molar-refractivity contribution in [2.24, 2.45) is 5.41 Å². The van der Waals surface area contributed by atoms with Crippen molar-refractivity contribution in [3.05, 3.63) is 70.2 Å². The summed E-state index contributed by atoms with van der Waals surface area (Å²) in [7, 11) is 0. The van der Waals surface area contributed by atoms with Crippen molar-refractivity contribution >= 4 is 11.6 Å². The second kappa shape index (κ2) is 5.23. The maximum atomic E-state index is 6.17. The van der Waals surface area contributed by atoms with Gasteiger partial charge in [0, 0.05) is 17.6 Å². The normalized spacial score (nSPS) is 19.9. The molecular weight excluding hydrogens is 266 g/mol. The molecule has 0 bridgehead atoms. The molecule has 0 fully saturated rings. The molecule has 0 aromatic heterocycles. The number of halogens is 1. The maximum absolute atomic E-state index is 6.17. The number of rotatable bonds is 3. The van der Waals surface area contributed by atoms with Crippen LogP contribution in [0, 0.1) is 5.41 Å². The molecule has 20 heavy (non-hydrogen) atoms. The van der Waals surface area contributed by atoms with Crippen molar-refractivity contribution in [3.63, 3.8) is 0 Å². The van der Waals surface area contributed by atoms with E-state index in [1.54, 1.807) is 0 Å². The number of fused-ring (bicyclic) bond motifs is 1. The monoisotopic (exact) mass is 285 g/mol. The van der Waals surface area contributed by atoms with E-state index in [0.29, 0.717) is 6.04 Å². The van der Waals surface area contributed by atoms with Gasteiger partial charge in [0.15, 0.2) is 0 Å². The summed E-state index contributed by atoms with van der Waals surface area (Å²) in [6.07, 6.45) is 1.10. The van der Waals surface area contributed by atoms with Crippen LogP contribution in [0.3, 0.4) is 0 Å².